The van der Waals surface area contributed by atoms with Gasteiger partial charge < -0.3 is 5.73 Å². The van der Waals surface area contributed by atoms with Crippen LogP contribution in [0, 0.1) is 0 Å². The Balaban J connectivity index is 2.09. The Kier molecular flexibility index (Phi) is 0.799. The summed E-state index contributed by atoms with van der Waals surface area (Å²) >= 11 is 0. The molecule has 1 saturated carbocycles. The van der Waals surface area contributed by atoms with Crippen LogP contribution in [0.25, 0.3) is 0 Å². The molecule has 1 aliphatic carbocycles. The van der Waals surface area contributed by atoms with Crippen molar-refractivity contribution in [2.75, 3.05) is 0 Å². The second-order valence-corrected chi connectivity index (χ2v) is 1.57. The molecule has 0 bridgehead atoms. The molecule has 3 nitrogen and oxygen atoms in total. The molecule has 6 heavy (non-hydrogen) atoms. The largest absolute Gasteiger partial charge is 0.325 e. The molecular weight excluding hydrogens is 80.0 g/mol. The van der Waals surface area contributed by atoms with Gasteiger partial charge in [-0.2, -0.15) is 0 Å². The van der Waals surface area contributed by atoms with Gasteiger partial charge in [0, 0.05) is 6.04 Å². The highest BCUT2D eigenvalue weighted by Gasteiger charge is 2.33. The van der Waals surface area contributed by atoms with E-state index in [1.54, 1.807) is 0 Å². The molecule has 2 atom stereocenters. The van der Waals surface area contributed by atoms with Gasteiger partial charge >= 0.3 is 0 Å². The number of nitrogens with two attached hydrogens (primary N) is 2. The van der Waals surface area contributed by atoms with Crippen LogP contribution in [-0.4, -0.2) is 12.1 Å². The van der Waals surface area contributed by atoms with E-state index in [-0.39, 0.29) is 12.1 Å². The molecule has 0 radical (unpaired) electrons. The van der Waals surface area contributed by atoms with Crippen molar-refractivity contribution in [3.63, 3.8) is 0 Å². The van der Waals surface area contributed by atoms with Gasteiger partial charge in [0.05, 0.1) is 6.10 Å². The van der Waals surface area contributed by atoms with Crippen molar-refractivity contribution >= 4 is 0 Å². The summed E-state index contributed by atoms with van der Waals surface area (Å²) in [6.07, 6.45) is 1.08. The summed E-state index contributed by atoms with van der Waals surface area (Å²) in [5.41, 5.74) is 5.27. The first-order chi connectivity index (χ1) is 2.84. The molecule has 3 heteroatoms. The monoisotopic (exact) mass is 88.1 g/mol. The van der Waals surface area contributed by atoms with Crippen LogP contribution in [0.2, 0.25) is 0 Å². The zero-order valence-corrected chi connectivity index (χ0v) is 3.42. The summed E-state index contributed by atoms with van der Waals surface area (Å²) in [6.45, 7) is 0. The van der Waals surface area contributed by atoms with Gasteiger partial charge in [0.15, 0.2) is 0 Å². The van der Waals surface area contributed by atoms with E-state index < -0.39 is 0 Å². The van der Waals surface area contributed by atoms with Gasteiger partial charge in [-0.3, -0.25) is 4.84 Å². The minimum absolute atomic E-state index is 0.157. The summed E-state index contributed by atoms with van der Waals surface area (Å²) in [5, 5.41) is 0. The number of hydrogen-bond acceptors (Lipinski definition) is 3. The fraction of sp³-hybridized carbons (Fsp3) is 1.00. The van der Waals surface area contributed by atoms with Crippen LogP contribution in [0.3, 0.4) is 0 Å². The summed E-state index contributed by atoms with van der Waals surface area (Å²) in [7, 11) is 0. The maximum absolute atomic E-state index is 5.27. The van der Waals surface area contributed by atoms with E-state index in [0.29, 0.717) is 0 Å². The van der Waals surface area contributed by atoms with Crippen molar-refractivity contribution in [1.29, 1.82) is 0 Å². The van der Waals surface area contributed by atoms with Gasteiger partial charge in [-0.1, -0.05) is 0 Å². The Hall–Kier alpha value is -0.120. The minimum Gasteiger partial charge on any atom is -0.325 e. The van der Waals surface area contributed by atoms with E-state index in [9.17, 15) is 0 Å². The summed E-state index contributed by atoms with van der Waals surface area (Å²) < 4.78 is 0. The Labute approximate surface area is 36.2 Å². The average Bonchev–Trinajstić information content (AvgIpc) is 2.19. The zero-order valence-electron chi connectivity index (χ0n) is 3.42. The smallest absolute Gasteiger partial charge is 0.0954 e. The lowest BCUT2D eigenvalue weighted by Gasteiger charge is -1.84. The Morgan fingerprint density at radius 1 is 1.67 bits per heavy atom. The van der Waals surface area contributed by atoms with E-state index in [4.69, 9.17) is 11.6 Å². The molecule has 1 aliphatic rings. The van der Waals surface area contributed by atoms with Crippen LogP contribution < -0.4 is 11.6 Å². The van der Waals surface area contributed by atoms with Gasteiger partial charge in [0.25, 0.3) is 0 Å². The standard InChI is InChI=1S/C3H8N2O/c4-2-1-3(2)6-5/h2-3H,1,4-5H2. The Bertz CT molecular complexity index is 54.8. The van der Waals surface area contributed by atoms with Gasteiger partial charge in [-0.05, 0) is 6.42 Å². The molecule has 0 saturated heterocycles. The highest BCUT2D eigenvalue weighted by atomic mass is 16.6. The van der Waals surface area contributed by atoms with Crippen molar-refractivity contribution in [2.24, 2.45) is 11.6 Å². The molecule has 1 rings (SSSR count). The van der Waals surface area contributed by atoms with E-state index in [2.05, 4.69) is 4.84 Å². The average molecular weight is 88.1 g/mol. The third kappa shape index (κ3) is 0.518. The first-order valence-corrected chi connectivity index (χ1v) is 1.95. The molecule has 4 N–H and O–H groups in total. The quantitative estimate of drug-likeness (QED) is 0.403. The number of hydrogen-bond donors (Lipinski definition) is 2. The summed E-state index contributed by atoms with van der Waals surface area (Å²) in [5.74, 6) is 4.74. The molecule has 0 aliphatic heterocycles. The lowest BCUT2D eigenvalue weighted by atomic mass is 10.8. The lowest BCUT2D eigenvalue weighted by Crippen LogP contribution is -2.11. The highest BCUT2D eigenvalue weighted by molar-refractivity contribution is 4.90. The Morgan fingerprint density at radius 3 is 2.17 bits per heavy atom. The molecule has 0 spiro atoms. The SMILES string of the molecule is NOC1CC1N. The van der Waals surface area contributed by atoms with Crippen LogP contribution in [0.15, 0.2) is 0 Å². The summed E-state index contributed by atoms with van der Waals surface area (Å²) in [6, 6.07) is 0.218. The lowest BCUT2D eigenvalue weighted by molar-refractivity contribution is 0.119. The predicted molar refractivity (Wildman–Crippen MR) is 21.7 cm³/mol. The topological polar surface area (TPSA) is 61.3 Å². The highest BCUT2D eigenvalue weighted by Crippen LogP contribution is 2.19. The van der Waals surface area contributed by atoms with Crippen LogP contribution in [0.5, 0.6) is 0 Å². The third-order valence-electron chi connectivity index (χ3n) is 0.954. The Morgan fingerprint density at radius 2 is 2.17 bits per heavy atom. The van der Waals surface area contributed by atoms with Crippen molar-refractivity contribution in [3.8, 4) is 0 Å². The van der Waals surface area contributed by atoms with Gasteiger partial charge in [-0.15, -0.1) is 0 Å². The molecule has 0 aromatic rings. The fourth-order valence-electron chi connectivity index (χ4n) is 0.346. The minimum atomic E-state index is 0.157. The van der Waals surface area contributed by atoms with Crippen molar-refractivity contribution in [1.82, 2.24) is 0 Å². The molecule has 0 heterocycles. The second-order valence-electron chi connectivity index (χ2n) is 1.57. The third-order valence-corrected chi connectivity index (χ3v) is 0.954. The fourth-order valence-corrected chi connectivity index (χ4v) is 0.346. The van der Waals surface area contributed by atoms with Crippen molar-refractivity contribution in [3.05, 3.63) is 0 Å². The second kappa shape index (κ2) is 1.18. The molecule has 0 amide bonds. The van der Waals surface area contributed by atoms with Gasteiger partial charge in [0.2, 0.25) is 0 Å². The molecule has 36 valence electrons. The normalized spacial score (nSPS) is 43.0. The maximum Gasteiger partial charge on any atom is 0.0954 e. The van der Waals surface area contributed by atoms with Gasteiger partial charge in [-0.25, -0.2) is 5.90 Å². The predicted octanol–water partition coefficient (Wildman–Crippen LogP) is -1.02. The van der Waals surface area contributed by atoms with E-state index in [1.165, 1.54) is 0 Å². The molecular formula is C3H8N2O. The summed E-state index contributed by atoms with van der Waals surface area (Å²) in [4.78, 5) is 4.35. The van der Waals surface area contributed by atoms with Gasteiger partial charge in [0.1, 0.15) is 0 Å². The van der Waals surface area contributed by atoms with Crippen molar-refractivity contribution < 1.29 is 4.84 Å². The van der Waals surface area contributed by atoms with E-state index in [1.807, 2.05) is 0 Å². The van der Waals surface area contributed by atoms with Crippen LogP contribution in [0.4, 0.5) is 0 Å². The maximum atomic E-state index is 5.27. The number of rotatable bonds is 1. The molecule has 1 fully saturated rings. The first-order valence-electron chi connectivity index (χ1n) is 1.95. The van der Waals surface area contributed by atoms with Crippen LogP contribution >= 0.6 is 0 Å². The zero-order chi connectivity index (χ0) is 4.57. The molecule has 0 aromatic heterocycles. The molecule has 0 aromatic carbocycles. The van der Waals surface area contributed by atoms with Crippen molar-refractivity contribution in [2.45, 2.75) is 18.6 Å². The first kappa shape index (κ1) is 4.05. The van der Waals surface area contributed by atoms with E-state index >= 15 is 0 Å². The van der Waals surface area contributed by atoms with E-state index in [0.717, 1.165) is 6.42 Å². The molecule has 2 unspecified atom stereocenters. The van der Waals surface area contributed by atoms with Crippen LogP contribution in [-0.2, 0) is 4.84 Å². The van der Waals surface area contributed by atoms with Crippen LogP contribution in [0.1, 0.15) is 6.42 Å².